The van der Waals surface area contributed by atoms with Crippen LogP contribution in [0.1, 0.15) is 22.3 Å². The van der Waals surface area contributed by atoms with Gasteiger partial charge in [-0.2, -0.15) is 12.6 Å². The fraction of sp³-hybridized carbons (Fsp3) is 0.182. The molecule has 0 aliphatic rings. The molecule has 0 aliphatic carbocycles. The van der Waals surface area contributed by atoms with Crippen LogP contribution >= 0.6 is 12.6 Å². The Kier molecular flexibility index (Phi) is 4.26. The van der Waals surface area contributed by atoms with Crippen LogP contribution in [0.15, 0.2) is 30.3 Å². The van der Waals surface area contributed by atoms with Crippen molar-refractivity contribution in [3.05, 3.63) is 41.5 Å². The Labute approximate surface area is 89.2 Å². The summed E-state index contributed by atoms with van der Waals surface area (Å²) in [5.41, 5.74) is 6.69. The van der Waals surface area contributed by atoms with E-state index in [-0.39, 0.29) is 0 Å². The zero-order chi connectivity index (χ0) is 10.4. The Morgan fingerprint density at radius 3 is 2.93 bits per heavy atom. The monoisotopic (exact) mass is 207 g/mol. The topological polar surface area (TPSA) is 43.1 Å². The molecule has 0 unspecified atom stereocenters. The van der Waals surface area contributed by atoms with Crippen LogP contribution in [0.3, 0.4) is 0 Å². The highest BCUT2D eigenvalue weighted by molar-refractivity contribution is 7.80. The molecule has 0 radical (unpaired) electrons. The predicted molar refractivity (Wildman–Crippen MR) is 62.5 cm³/mol. The summed E-state index contributed by atoms with van der Waals surface area (Å²) in [5, 5.41) is 0. The number of carbonyl (C=O) groups is 1. The summed E-state index contributed by atoms with van der Waals surface area (Å²) in [6.07, 6.45) is 4.90. The zero-order valence-electron chi connectivity index (χ0n) is 7.81. The zero-order valence-corrected chi connectivity index (χ0v) is 8.71. The first kappa shape index (κ1) is 10.9. The second-order valence-corrected chi connectivity index (χ2v) is 3.35. The third kappa shape index (κ3) is 3.26. The average molecular weight is 207 g/mol. The lowest BCUT2D eigenvalue weighted by Gasteiger charge is -1.97. The van der Waals surface area contributed by atoms with E-state index in [1.54, 1.807) is 12.1 Å². The molecule has 0 saturated carbocycles. The van der Waals surface area contributed by atoms with Crippen LogP contribution in [0.5, 0.6) is 0 Å². The second kappa shape index (κ2) is 5.50. The molecule has 0 bridgehead atoms. The van der Waals surface area contributed by atoms with E-state index in [0.29, 0.717) is 5.56 Å². The number of carbonyl (C=O) groups excluding carboxylic acids is 1. The van der Waals surface area contributed by atoms with E-state index in [9.17, 15) is 4.79 Å². The molecule has 1 amide bonds. The first-order valence-corrected chi connectivity index (χ1v) is 5.04. The van der Waals surface area contributed by atoms with Crippen LogP contribution in [0.2, 0.25) is 0 Å². The standard InChI is InChI=1S/C11H13NOS/c12-11(13)10-6-3-5-9(8-10)4-1-2-7-14/h1,3-6,8,14H,2,7H2,(H2,12,13). The maximum Gasteiger partial charge on any atom is 0.248 e. The summed E-state index contributed by atoms with van der Waals surface area (Å²) in [4.78, 5) is 10.9. The lowest BCUT2D eigenvalue weighted by atomic mass is 10.1. The molecule has 1 aromatic rings. The lowest BCUT2D eigenvalue weighted by molar-refractivity contribution is 0.100. The van der Waals surface area contributed by atoms with E-state index in [1.807, 2.05) is 24.3 Å². The number of primary amides is 1. The van der Waals surface area contributed by atoms with Gasteiger partial charge < -0.3 is 5.73 Å². The van der Waals surface area contributed by atoms with Crippen molar-refractivity contribution >= 4 is 24.6 Å². The Bertz CT molecular complexity index is 347. The minimum atomic E-state index is -0.394. The summed E-state index contributed by atoms with van der Waals surface area (Å²) in [7, 11) is 0. The molecule has 14 heavy (non-hydrogen) atoms. The molecule has 0 heterocycles. The summed E-state index contributed by atoms with van der Waals surface area (Å²) in [5.74, 6) is 0.431. The Hall–Kier alpha value is -1.22. The van der Waals surface area contributed by atoms with Crippen LogP contribution in [0.25, 0.3) is 6.08 Å². The third-order valence-electron chi connectivity index (χ3n) is 1.78. The molecule has 74 valence electrons. The minimum Gasteiger partial charge on any atom is -0.366 e. The van der Waals surface area contributed by atoms with Crippen molar-refractivity contribution in [1.82, 2.24) is 0 Å². The number of nitrogens with two attached hydrogens (primary N) is 1. The highest BCUT2D eigenvalue weighted by Crippen LogP contribution is 2.07. The second-order valence-electron chi connectivity index (χ2n) is 2.90. The quantitative estimate of drug-likeness (QED) is 0.730. The van der Waals surface area contributed by atoms with Crippen LogP contribution in [0.4, 0.5) is 0 Å². The van der Waals surface area contributed by atoms with Gasteiger partial charge >= 0.3 is 0 Å². The number of thiol groups is 1. The van der Waals surface area contributed by atoms with Gasteiger partial charge in [-0.1, -0.05) is 24.3 Å². The Balaban J connectivity index is 2.78. The molecule has 0 atom stereocenters. The summed E-state index contributed by atoms with van der Waals surface area (Å²) in [6.45, 7) is 0. The van der Waals surface area contributed by atoms with Gasteiger partial charge in [-0.05, 0) is 29.9 Å². The molecule has 2 nitrogen and oxygen atoms in total. The molecule has 3 heteroatoms. The molecule has 1 rings (SSSR count). The normalized spacial score (nSPS) is 10.6. The van der Waals surface area contributed by atoms with E-state index in [0.717, 1.165) is 17.7 Å². The van der Waals surface area contributed by atoms with Crippen molar-refractivity contribution in [2.24, 2.45) is 5.73 Å². The van der Waals surface area contributed by atoms with Gasteiger partial charge in [0.25, 0.3) is 0 Å². The van der Waals surface area contributed by atoms with Gasteiger partial charge in [0.1, 0.15) is 0 Å². The molecule has 2 N–H and O–H groups in total. The van der Waals surface area contributed by atoms with Gasteiger partial charge in [0.2, 0.25) is 5.91 Å². The molecule has 0 aromatic heterocycles. The Morgan fingerprint density at radius 1 is 1.50 bits per heavy atom. The maximum absolute atomic E-state index is 10.9. The molecule has 0 saturated heterocycles. The van der Waals surface area contributed by atoms with Gasteiger partial charge in [-0.25, -0.2) is 0 Å². The van der Waals surface area contributed by atoms with Gasteiger partial charge in [0, 0.05) is 5.56 Å². The highest BCUT2D eigenvalue weighted by Gasteiger charge is 1.98. The van der Waals surface area contributed by atoms with Gasteiger partial charge in [0.15, 0.2) is 0 Å². The SMILES string of the molecule is NC(=O)c1cccc(C=CCCS)c1. The summed E-state index contributed by atoms with van der Waals surface area (Å²) >= 11 is 4.09. The number of allylic oxidation sites excluding steroid dienone is 1. The molecule has 0 aliphatic heterocycles. The summed E-state index contributed by atoms with van der Waals surface area (Å²) < 4.78 is 0. The van der Waals surface area contributed by atoms with Gasteiger partial charge in [-0.3, -0.25) is 4.79 Å². The van der Waals surface area contributed by atoms with Crippen molar-refractivity contribution in [2.45, 2.75) is 6.42 Å². The molecule has 1 aromatic carbocycles. The smallest absolute Gasteiger partial charge is 0.248 e. The lowest BCUT2D eigenvalue weighted by Crippen LogP contribution is -2.10. The van der Waals surface area contributed by atoms with Crippen molar-refractivity contribution in [3.8, 4) is 0 Å². The van der Waals surface area contributed by atoms with E-state index >= 15 is 0 Å². The number of benzene rings is 1. The van der Waals surface area contributed by atoms with Crippen molar-refractivity contribution in [3.63, 3.8) is 0 Å². The van der Waals surface area contributed by atoms with E-state index in [2.05, 4.69) is 12.6 Å². The predicted octanol–water partition coefficient (Wildman–Crippen LogP) is 2.12. The fourth-order valence-corrected chi connectivity index (χ4v) is 1.24. The summed E-state index contributed by atoms with van der Waals surface area (Å²) in [6, 6.07) is 7.23. The maximum atomic E-state index is 10.9. The largest absolute Gasteiger partial charge is 0.366 e. The number of rotatable bonds is 4. The molecular weight excluding hydrogens is 194 g/mol. The van der Waals surface area contributed by atoms with Crippen LogP contribution in [-0.4, -0.2) is 11.7 Å². The number of hydrogen-bond acceptors (Lipinski definition) is 2. The molecular formula is C11H13NOS. The first-order valence-electron chi connectivity index (χ1n) is 4.41. The molecule has 0 spiro atoms. The Morgan fingerprint density at radius 2 is 2.29 bits per heavy atom. The van der Waals surface area contributed by atoms with Gasteiger partial charge in [-0.15, -0.1) is 0 Å². The van der Waals surface area contributed by atoms with Crippen molar-refractivity contribution in [1.29, 1.82) is 0 Å². The average Bonchev–Trinajstić information content (AvgIpc) is 2.19. The fourth-order valence-electron chi connectivity index (χ4n) is 1.09. The van der Waals surface area contributed by atoms with Crippen LogP contribution in [-0.2, 0) is 0 Å². The number of hydrogen-bond donors (Lipinski definition) is 2. The van der Waals surface area contributed by atoms with E-state index in [1.165, 1.54) is 0 Å². The third-order valence-corrected chi connectivity index (χ3v) is 2.04. The van der Waals surface area contributed by atoms with Crippen molar-refractivity contribution < 1.29 is 4.79 Å². The van der Waals surface area contributed by atoms with Crippen LogP contribution < -0.4 is 5.73 Å². The first-order chi connectivity index (χ1) is 6.74. The number of amides is 1. The van der Waals surface area contributed by atoms with E-state index in [4.69, 9.17) is 5.73 Å². The van der Waals surface area contributed by atoms with Crippen LogP contribution in [0, 0.1) is 0 Å². The minimum absolute atomic E-state index is 0.394. The van der Waals surface area contributed by atoms with E-state index < -0.39 is 5.91 Å². The molecule has 0 fully saturated rings. The highest BCUT2D eigenvalue weighted by atomic mass is 32.1. The van der Waals surface area contributed by atoms with Crippen molar-refractivity contribution in [2.75, 3.05) is 5.75 Å². The van der Waals surface area contributed by atoms with Gasteiger partial charge in [0.05, 0.1) is 0 Å².